The van der Waals surface area contributed by atoms with Crippen molar-refractivity contribution in [3.8, 4) is 0 Å². The van der Waals surface area contributed by atoms with Crippen molar-refractivity contribution in [2.24, 2.45) is 0 Å². The lowest BCUT2D eigenvalue weighted by Crippen LogP contribution is -2.40. The second kappa shape index (κ2) is 2.05. The average Bonchev–Trinajstić information content (AvgIpc) is 2.05. The highest BCUT2D eigenvalue weighted by Gasteiger charge is 2.44. The number of fused-ring (bicyclic) bond motifs is 2. The summed E-state index contributed by atoms with van der Waals surface area (Å²) in [4.78, 5) is 11.1. The first-order valence-corrected chi connectivity index (χ1v) is 3.95. The fraction of sp³-hybridized carbons (Fsp3) is 0.875. The number of hydrogen-bond donors (Lipinski definition) is 0. The molecule has 1 aliphatic carbocycles. The van der Waals surface area contributed by atoms with Gasteiger partial charge in [-0.1, -0.05) is 0 Å². The summed E-state index contributed by atoms with van der Waals surface area (Å²) in [7, 11) is 0. The Morgan fingerprint density at radius 2 is 2.18 bits per heavy atom. The number of ketones is 1. The van der Waals surface area contributed by atoms with Crippen molar-refractivity contribution in [2.45, 2.75) is 44.7 Å². The Morgan fingerprint density at radius 3 is 2.82 bits per heavy atom. The maximum atomic E-state index is 11.1. The summed E-state index contributed by atoms with van der Waals surface area (Å²) < 4.78 is 10.9. The van der Waals surface area contributed by atoms with Gasteiger partial charge in [0.15, 0.2) is 11.6 Å². The maximum Gasteiger partial charge on any atom is 0.164 e. The molecule has 2 fully saturated rings. The second-order valence-corrected chi connectivity index (χ2v) is 3.65. The first kappa shape index (κ1) is 7.25. The zero-order chi connectivity index (χ0) is 8.06. The Hall–Kier alpha value is -0.410. The lowest BCUT2D eigenvalue weighted by Gasteiger charge is -2.34. The predicted octanol–water partition coefficient (Wildman–Crippen LogP) is 0.869. The van der Waals surface area contributed by atoms with E-state index in [0.29, 0.717) is 6.42 Å². The molecule has 1 aliphatic heterocycles. The first-order valence-electron chi connectivity index (χ1n) is 3.95. The molecule has 3 heteroatoms. The van der Waals surface area contributed by atoms with Crippen LogP contribution in [-0.2, 0) is 14.3 Å². The summed E-state index contributed by atoms with van der Waals surface area (Å²) >= 11 is 0. The van der Waals surface area contributed by atoms with Gasteiger partial charge in [-0.15, -0.1) is 0 Å². The topological polar surface area (TPSA) is 35.5 Å². The van der Waals surface area contributed by atoms with E-state index in [1.165, 1.54) is 0 Å². The first-order chi connectivity index (χ1) is 5.07. The molecule has 2 unspecified atom stereocenters. The molecule has 1 saturated carbocycles. The lowest BCUT2D eigenvalue weighted by atomic mass is 10.2. The van der Waals surface area contributed by atoms with Crippen molar-refractivity contribution in [3.05, 3.63) is 0 Å². The van der Waals surface area contributed by atoms with Gasteiger partial charge in [0.25, 0.3) is 0 Å². The van der Waals surface area contributed by atoms with Crippen molar-refractivity contribution in [2.75, 3.05) is 0 Å². The summed E-state index contributed by atoms with van der Waals surface area (Å²) in [6.07, 6.45) is 1.20. The molecular formula is C8H12O3. The fourth-order valence-corrected chi connectivity index (χ4v) is 1.78. The van der Waals surface area contributed by atoms with Gasteiger partial charge in [0.05, 0.1) is 6.10 Å². The van der Waals surface area contributed by atoms with Gasteiger partial charge in [-0.25, -0.2) is 0 Å². The van der Waals surface area contributed by atoms with E-state index in [0.717, 1.165) is 6.42 Å². The molecule has 11 heavy (non-hydrogen) atoms. The zero-order valence-corrected chi connectivity index (χ0v) is 6.79. The van der Waals surface area contributed by atoms with Crippen molar-refractivity contribution in [3.63, 3.8) is 0 Å². The van der Waals surface area contributed by atoms with Crippen LogP contribution < -0.4 is 0 Å². The van der Waals surface area contributed by atoms with Crippen molar-refractivity contribution in [1.82, 2.24) is 0 Å². The monoisotopic (exact) mass is 156 g/mol. The van der Waals surface area contributed by atoms with Gasteiger partial charge in [-0.3, -0.25) is 4.79 Å². The van der Waals surface area contributed by atoms with Gasteiger partial charge in [-0.2, -0.15) is 0 Å². The van der Waals surface area contributed by atoms with E-state index < -0.39 is 5.79 Å². The standard InChI is InChI=1S/C8H12O3/c1-8(2)10-5-3-6(9)7(4-5)11-8/h5,7H,3-4H2,1-2H3. The van der Waals surface area contributed by atoms with Crippen LogP contribution in [0.2, 0.25) is 0 Å². The van der Waals surface area contributed by atoms with Crippen LogP contribution in [0.15, 0.2) is 0 Å². The molecule has 62 valence electrons. The van der Waals surface area contributed by atoms with Crippen LogP contribution in [0.1, 0.15) is 26.7 Å². The third kappa shape index (κ3) is 1.19. The predicted molar refractivity (Wildman–Crippen MR) is 38.1 cm³/mol. The van der Waals surface area contributed by atoms with E-state index in [9.17, 15) is 4.79 Å². The van der Waals surface area contributed by atoms with Gasteiger partial charge >= 0.3 is 0 Å². The highest BCUT2D eigenvalue weighted by molar-refractivity contribution is 5.86. The number of Topliss-reactive ketones (excluding diaryl/α,β-unsaturated/α-hetero) is 1. The van der Waals surface area contributed by atoms with E-state index in [-0.39, 0.29) is 18.0 Å². The number of hydrogen-bond acceptors (Lipinski definition) is 3. The largest absolute Gasteiger partial charge is 0.347 e. The quantitative estimate of drug-likeness (QED) is 0.522. The van der Waals surface area contributed by atoms with E-state index in [1.807, 2.05) is 13.8 Å². The van der Waals surface area contributed by atoms with Crippen LogP contribution in [0.3, 0.4) is 0 Å². The van der Waals surface area contributed by atoms with Crippen molar-refractivity contribution in [1.29, 1.82) is 0 Å². The van der Waals surface area contributed by atoms with E-state index in [4.69, 9.17) is 9.47 Å². The highest BCUT2D eigenvalue weighted by atomic mass is 16.7. The fourth-order valence-electron chi connectivity index (χ4n) is 1.78. The molecule has 2 rings (SSSR count). The molecule has 0 amide bonds. The number of carbonyl (C=O) groups excluding carboxylic acids is 1. The normalized spacial score (nSPS) is 41.1. The summed E-state index contributed by atoms with van der Waals surface area (Å²) in [5.41, 5.74) is 0. The third-order valence-electron chi connectivity index (χ3n) is 2.14. The lowest BCUT2D eigenvalue weighted by molar-refractivity contribution is -0.276. The molecule has 2 bridgehead atoms. The van der Waals surface area contributed by atoms with Crippen molar-refractivity contribution < 1.29 is 14.3 Å². The molecule has 0 radical (unpaired) electrons. The second-order valence-electron chi connectivity index (χ2n) is 3.65. The smallest absolute Gasteiger partial charge is 0.164 e. The Labute approximate surface area is 65.7 Å². The molecule has 3 nitrogen and oxygen atoms in total. The van der Waals surface area contributed by atoms with Crippen molar-refractivity contribution >= 4 is 5.78 Å². The summed E-state index contributed by atoms with van der Waals surface area (Å²) in [5, 5.41) is 0. The van der Waals surface area contributed by atoms with E-state index in [2.05, 4.69) is 0 Å². The van der Waals surface area contributed by atoms with Crippen LogP contribution in [-0.4, -0.2) is 23.8 Å². The van der Waals surface area contributed by atoms with E-state index in [1.54, 1.807) is 0 Å². The summed E-state index contributed by atoms with van der Waals surface area (Å²) in [6.45, 7) is 3.70. The SMILES string of the molecule is CC1(C)OC2CC(=O)C(C2)O1. The molecule has 1 saturated heterocycles. The molecule has 0 aromatic rings. The Balaban J connectivity index is 2.18. The van der Waals surface area contributed by atoms with Crippen LogP contribution in [0.4, 0.5) is 0 Å². The summed E-state index contributed by atoms with van der Waals surface area (Å²) in [6, 6.07) is 0. The van der Waals surface area contributed by atoms with Gasteiger partial charge in [0.1, 0.15) is 6.10 Å². The number of ether oxygens (including phenoxy) is 2. The van der Waals surface area contributed by atoms with Crippen LogP contribution in [0.25, 0.3) is 0 Å². The third-order valence-corrected chi connectivity index (χ3v) is 2.14. The highest BCUT2D eigenvalue weighted by Crippen LogP contribution is 2.34. The molecule has 0 spiro atoms. The molecular weight excluding hydrogens is 144 g/mol. The van der Waals surface area contributed by atoms with Crippen LogP contribution in [0, 0.1) is 0 Å². The van der Waals surface area contributed by atoms with E-state index >= 15 is 0 Å². The molecule has 1 heterocycles. The molecule has 0 aromatic carbocycles. The Bertz CT molecular complexity index is 198. The molecule has 2 aliphatic rings. The van der Waals surface area contributed by atoms with Crippen LogP contribution >= 0.6 is 0 Å². The Kier molecular flexibility index (Phi) is 1.35. The zero-order valence-electron chi connectivity index (χ0n) is 6.79. The van der Waals surface area contributed by atoms with Gasteiger partial charge in [0.2, 0.25) is 0 Å². The number of carbonyl (C=O) groups is 1. The number of rotatable bonds is 0. The minimum absolute atomic E-state index is 0.108. The minimum Gasteiger partial charge on any atom is -0.347 e. The van der Waals surface area contributed by atoms with Crippen LogP contribution in [0.5, 0.6) is 0 Å². The van der Waals surface area contributed by atoms with Gasteiger partial charge in [-0.05, 0) is 13.8 Å². The Morgan fingerprint density at radius 1 is 1.45 bits per heavy atom. The maximum absolute atomic E-state index is 11.1. The average molecular weight is 156 g/mol. The van der Waals surface area contributed by atoms with Gasteiger partial charge in [0, 0.05) is 12.8 Å². The molecule has 0 aromatic heterocycles. The summed E-state index contributed by atoms with van der Waals surface area (Å²) in [5.74, 6) is -0.361. The molecule has 2 atom stereocenters. The minimum atomic E-state index is -0.556. The molecule has 0 N–H and O–H groups in total. The van der Waals surface area contributed by atoms with Gasteiger partial charge < -0.3 is 9.47 Å².